The highest BCUT2D eigenvalue weighted by Crippen LogP contribution is 2.16. The van der Waals surface area contributed by atoms with Crippen LogP contribution >= 0.6 is 11.8 Å². The van der Waals surface area contributed by atoms with E-state index in [1.165, 1.54) is 4.90 Å². The Morgan fingerprint density at radius 2 is 2.00 bits per heavy atom. The minimum absolute atomic E-state index is 0.0554. The van der Waals surface area contributed by atoms with Crippen molar-refractivity contribution in [2.75, 3.05) is 12.4 Å². The fraction of sp³-hybridized carbons (Fsp3) is 0.333. The minimum Gasteiger partial charge on any atom is -0.395 e. The maximum Gasteiger partial charge on any atom is 0.0590 e. The van der Waals surface area contributed by atoms with Crippen molar-refractivity contribution in [1.82, 2.24) is 0 Å². The number of thioether (sulfide) groups is 1. The lowest BCUT2D eigenvalue weighted by atomic mass is 10.4. The molecule has 0 saturated heterocycles. The smallest absolute Gasteiger partial charge is 0.0590 e. The first-order chi connectivity index (χ1) is 5.83. The highest BCUT2D eigenvalue weighted by molar-refractivity contribution is 7.99. The molecule has 0 radical (unpaired) electrons. The van der Waals surface area contributed by atoms with E-state index in [9.17, 15) is 0 Å². The zero-order valence-corrected chi connectivity index (χ0v) is 7.63. The molecule has 0 bridgehead atoms. The Morgan fingerprint density at radius 1 is 1.33 bits per heavy atom. The van der Waals surface area contributed by atoms with E-state index >= 15 is 0 Å². The average Bonchev–Trinajstić information content (AvgIpc) is 2.16. The van der Waals surface area contributed by atoms with Gasteiger partial charge >= 0.3 is 0 Å². The van der Waals surface area contributed by atoms with Gasteiger partial charge in [0.25, 0.3) is 0 Å². The predicted octanol–water partition coefficient (Wildman–Crippen LogP) is 1.10. The second kappa shape index (κ2) is 5.19. The van der Waals surface area contributed by atoms with Crippen LogP contribution in [-0.2, 0) is 0 Å². The van der Waals surface area contributed by atoms with Gasteiger partial charge in [0.1, 0.15) is 0 Å². The van der Waals surface area contributed by atoms with Crippen LogP contribution in [0.5, 0.6) is 0 Å². The number of rotatable bonds is 4. The van der Waals surface area contributed by atoms with Gasteiger partial charge in [0.15, 0.2) is 0 Å². The van der Waals surface area contributed by atoms with Crippen molar-refractivity contribution in [2.45, 2.75) is 10.9 Å². The van der Waals surface area contributed by atoms with Gasteiger partial charge < -0.3 is 10.8 Å². The van der Waals surface area contributed by atoms with E-state index in [4.69, 9.17) is 10.8 Å². The summed E-state index contributed by atoms with van der Waals surface area (Å²) in [5.74, 6) is 0.764. The molecular formula is C9H13NOS. The number of aliphatic hydroxyl groups excluding tert-OH is 1. The molecular weight excluding hydrogens is 170 g/mol. The van der Waals surface area contributed by atoms with Crippen LogP contribution in [0.2, 0.25) is 0 Å². The van der Waals surface area contributed by atoms with E-state index < -0.39 is 0 Å². The molecule has 1 rings (SSSR count). The monoisotopic (exact) mass is 183 g/mol. The Hall–Kier alpha value is -0.510. The number of benzene rings is 1. The lowest BCUT2D eigenvalue weighted by Crippen LogP contribution is -2.26. The van der Waals surface area contributed by atoms with Crippen LogP contribution < -0.4 is 5.73 Å². The van der Waals surface area contributed by atoms with Crippen molar-refractivity contribution in [3.05, 3.63) is 30.3 Å². The summed E-state index contributed by atoms with van der Waals surface area (Å²) in [6.07, 6.45) is 0. The van der Waals surface area contributed by atoms with Crippen LogP contribution in [0.15, 0.2) is 35.2 Å². The molecule has 1 atom stereocenters. The molecule has 3 heteroatoms. The number of aliphatic hydroxyl groups is 1. The maximum absolute atomic E-state index is 8.67. The first-order valence-corrected chi connectivity index (χ1v) is 4.86. The fourth-order valence-electron chi connectivity index (χ4n) is 0.773. The molecule has 0 spiro atoms. The zero-order chi connectivity index (χ0) is 8.81. The average molecular weight is 183 g/mol. The van der Waals surface area contributed by atoms with Gasteiger partial charge in [-0.05, 0) is 12.1 Å². The molecule has 0 amide bonds. The highest BCUT2D eigenvalue weighted by Gasteiger charge is 2.00. The molecule has 1 unspecified atom stereocenters. The first kappa shape index (κ1) is 9.58. The minimum atomic E-state index is -0.116. The normalized spacial score (nSPS) is 12.8. The summed E-state index contributed by atoms with van der Waals surface area (Å²) in [6.45, 7) is 0.0554. The Labute approximate surface area is 76.8 Å². The van der Waals surface area contributed by atoms with Crippen molar-refractivity contribution < 1.29 is 5.11 Å². The van der Waals surface area contributed by atoms with Gasteiger partial charge in [-0.3, -0.25) is 0 Å². The number of hydrogen-bond donors (Lipinski definition) is 2. The lowest BCUT2D eigenvalue weighted by Gasteiger charge is -2.06. The molecule has 66 valence electrons. The van der Waals surface area contributed by atoms with Crippen LogP contribution in [-0.4, -0.2) is 23.5 Å². The molecule has 0 fully saturated rings. The predicted molar refractivity (Wildman–Crippen MR) is 52.2 cm³/mol. The highest BCUT2D eigenvalue weighted by atomic mass is 32.2. The van der Waals surface area contributed by atoms with Crippen LogP contribution in [0.25, 0.3) is 0 Å². The fourth-order valence-corrected chi connectivity index (χ4v) is 1.63. The zero-order valence-electron chi connectivity index (χ0n) is 6.81. The molecule has 0 aliphatic heterocycles. The SMILES string of the molecule is NC(CO)CSc1ccccc1. The molecule has 1 aromatic rings. The Kier molecular flexibility index (Phi) is 4.14. The van der Waals surface area contributed by atoms with E-state index in [-0.39, 0.29) is 12.6 Å². The number of hydrogen-bond acceptors (Lipinski definition) is 3. The van der Waals surface area contributed by atoms with E-state index in [1.807, 2.05) is 30.3 Å². The second-order valence-electron chi connectivity index (χ2n) is 2.57. The van der Waals surface area contributed by atoms with Crippen molar-refractivity contribution in [2.24, 2.45) is 5.73 Å². The van der Waals surface area contributed by atoms with E-state index in [0.717, 1.165) is 5.75 Å². The molecule has 0 aliphatic rings. The quantitative estimate of drug-likeness (QED) is 0.687. The van der Waals surface area contributed by atoms with Gasteiger partial charge in [-0.2, -0.15) is 0 Å². The van der Waals surface area contributed by atoms with E-state index in [1.54, 1.807) is 11.8 Å². The van der Waals surface area contributed by atoms with Crippen molar-refractivity contribution in [1.29, 1.82) is 0 Å². The third-order valence-corrected chi connectivity index (χ3v) is 2.64. The van der Waals surface area contributed by atoms with Gasteiger partial charge in [0.2, 0.25) is 0 Å². The first-order valence-electron chi connectivity index (χ1n) is 3.87. The Bertz CT molecular complexity index is 215. The van der Waals surface area contributed by atoms with Crippen molar-refractivity contribution >= 4 is 11.8 Å². The molecule has 12 heavy (non-hydrogen) atoms. The molecule has 1 aromatic carbocycles. The summed E-state index contributed by atoms with van der Waals surface area (Å²) in [5, 5.41) is 8.67. The molecule has 3 N–H and O–H groups in total. The van der Waals surface area contributed by atoms with Gasteiger partial charge in [-0.25, -0.2) is 0 Å². The van der Waals surface area contributed by atoms with Gasteiger partial charge in [0.05, 0.1) is 6.61 Å². The van der Waals surface area contributed by atoms with Crippen LogP contribution in [0.1, 0.15) is 0 Å². The van der Waals surface area contributed by atoms with Gasteiger partial charge in [-0.1, -0.05) is 18.2 Å². The van der Waals surface area contributed by atoms with Crippen LogP contribution in [0, 0.1) is 0 Å². The van der Waals surface area contributed by atoms with Crippen molar-refractivity contribution in [3.8, 4) is 0 Å². The lowest BCUT2D eigenvalue weighted by molar-refractivity contribution is 0.275. The summed E-state index contributed by atoms with van der Waals surface area (Å²) < 4.78 is 0. The largest absolute Gasteiger partial charge is 0.395 e. The summed E-state index contributed by atoms with van der Waals surface area (Å²) >= 11 is 1.67. The van der Waals surface area contributed by atoms with E-state index in [2.05, 4.69) is 0 Å². The molecule has 0 heterocycles. The summed E-state index contributed by atoms with van der Waals surface area (Å²) in [6, 6.07) is 9.93. The van der Waals surface area contributed by atoms with Crippen molar-refractivity contribution in [3.63, 3.8) is 0 Å². The van der Waals surface area contributed by atoms with Crippen LogP contribution in [0.3, 0.4) is 0 Å². The third-order valence-electron chi connectivity index (χ3n) is 1.44. The summed E-state index contributed by atoms with van der Waals surface area (Å²) in [4.78, 5) is 1.20. The topological polar surface area (TPSA) is 46.2 Å². The molecule has 0 aromatic heterocycles. The standard InChI is InChI=1S/C9H13NOS/c10-8(6-11)7-12-9-4-2-1-3-5-9/h1-5,8,11H,6-7,10H2. The maximum atomic E-state index is 8.67. The number of nitrogens with two attached hydrogens (primary N) is 1. The van der Waals surface area contributed by atoms with Gasteiger partial charge in [-0.15, -0.1) is 11.8 Å². The molecule has 2 nitrogen and oxygen atoms in total. The summed E-state index contributed by atoms with van der Waals surface area (Å²) in [7, 11) is 0. The van der Waals surface area contributed by atoms with Crippen LogP contribution in [0.4, 0.5) is 0 Å². The summed E-state index contributed by atoms with van der Waals surface area (Å²) in [5.41, 5.74) is 5.55. The van der Waals surface area contributed by atoms with Gasteiger partial charge in [0, 0.05) is 16.7 Å². The Balaban J connectivity index is 2.33. The van der Waals surface area contributed by atoms with E-state index in [0.29, 0.717) is 0 Å². The Morgan fingerprint density at radius 3 is 2.58 bits per heavy atom. The molecule has 0 saturated carbocycles. The third kappa shape index (κ3) is 3.26. The molecule has 0 aliphatic carbocycles. The second-order valence-corrected chi connectivity index (χ2v) is 3.66.